The summed E-state index contributed by atoms with van der Waals surface area (Å²) < 4.78 is 0. The van der Waals surface area contributed by atoms with Crippen LogP contribution >= 0.6 is 11.8 Å². The number of aromatic hydroxyl groups is 1. The van der Waals surface area contributed by atoms with Gasteiger partial charge in [-0.15, -0.1) is 0 Å². The van der Waals surface area contributed by atoms with Crippen LogP contribution in [-0.4, -0.2) is 93.7 Å². The maximum Gasteiger partial charge on any atom is 0.326 e. The van der Waals surface area contributed by atoms with Crippen molar-refractivity contribution >= 4 is 47.4 Å². The second-order valence-electron chi connectivity index (χ2n) is 9.16. The maximum absolute atomic E-state index is 13.4. The normalized spacial score (nSPS) is 13.6. The molecule has 0 saturated heterocycles. The number of thioether (sulfide) groups is 1. The molecule has 0 radical (unpaired) electrons. The molecule has 4 atom stereocenters. The topological polar surface area (TPSA) is 273 Å². The SMILES string of the molecule is CSCCC(N)C(=O)NC(CCCN=C(N)N)C(=O)NC(Cc1ccc(O)cc1)C(=O)NC(CCC(=O)O)C(=O)O. The van der Waals surface area contributed by atoms with Gasteiger partial charge in [0, 0.05) is 19.4 Å². The molecular weight excluding hydrogens is 558 g/mol. The fourth-order valence-corrected chi connectivity index (χ4v) is 4.06. The van der Waals surface area contributed by atoms with E-state index in [1.165, 1.54) is 36.0 Å². The second kappa shape index (κ2) is 18.3. The predicted octanol–water partition coefficient (Wildman–Crippen LogP) is -1.53. The summed E-state index contributed by atoms with van der Waals surface area (Å²) in [6.07, 6.45) is 1.62. The fourth-order valence-electron chi connectivity index (χ4n) is 3.57. The van der Waals surface area contributed by atoms with Crippen LogP contribution in [0.3, 0.4) is 0 Å². The highest BCUT2D eigenvalue weighted by atomic mass is 32.2. The Kier molecular flexibility index (Phi) is 15.6. The molecule has 0 aliphatic carbocycles. The third kappa shape index (κ3) is 14.2. The number of guanidine groups is 1. The minimum absolute atomic E-state index is 0.0280. The standard InChI is InChI=1S/C25H39N7O8S/c1-41-12-10-16(26)21(36)30-17(3-2-11-29-25(27)28)22(37)32-19(13-14-4-6-15(33)7-5-14)23(38)31-18(24(39)40)8-9-20(34)35/h4-7,16-19,33H,2-3,8-13,26H2,1H3,(H,30,36)(H,31,38)(H,32,37)(H,34,35)(H,39,40)(H4,27,28,29). The zero-order valence-electron chi connectivity index (χ0n) is 22.7. The maximum atomic E-state index is 13.4. The molecule has 41 heavy (non-hydrogen) atoms. The summed E-state index contributed by atoms with van der Waals surface area (Å²) in [6.45, 7) is 0.168. The van der Waals surface area contributed by atoms with E-state index in [0.717, 1.165) is 0 Å². The number of carbonyl (C=O) groups is 5. The number of aliphatic imine (C=N–C) groups is 1. The molecule has 0 heterocycles. The Hall–Kier alpha value is -4.05. The van der Waals surface area contributed by atoms with Crippen molar-refractivity contribution in [2.24, 2.45) is 22.2 Å². The Morgan fingerprint density at radius 3 is 2.02 bits per heavy atom. The van der Waals surface area contributed by atoms with Gasteiger partial charge in [0.2, 0.25) is 17.7 Å². The van der Waals surface area contributed by atoms with Crippen LogP contribution in [0, 0.1) is 0 Å². The minimum atomic E-state index is -1.53. The largest absolute Gasteiger partial charge is 0.508 e. The molecule has 0 aliphatic heterocycles. The van der Waals surface area contributed by atoms with Crippen molar-refractivity contribution in [3.05, 3.63) is 29.8 Å². The van der Waals surface area contributed by atoms with E-state index >= 15 is 0 Å². The van der Waals surface area contributed by atoms with Crippen LogP contribution in [0.4, 0.5) is 0 Å². The van der Waals surface area contributed by atoms with E-state index in [4.69, 9.17) is 22.3 Å². The van der Waals surface area contributed by atoms with Crippen molar-refractivity contribution in [2.45, 2.75) is 62.7 Å². The lowest BCUT2D eigenvalue weighted by Crippen LogP contribution is -2.57. The van der Waals surface area contributed by atoms with E-state index in [0.29, 0.717) is 24.2 Å². The average Bonchev–Trinajstić information content (AvgIpc) is 2.91. The van der Waals surface area contributed by atoms with Gasteiger partial charge in [-0.3, -0.25) is 24.2 Å². The van der Waals surface area contributed by atoms with E-state index in [1.807, 2.05) is 6.26 Å². The first-order valence-corrected chi connectivity index (χ1v) is 14.2. The summed E-state index contributed by atoms with van der Waals surface area (Å²) in [5.74, 6) is -4.43. The Morgan fingerprint density at radius 2 is 1.46 bits per heavy atom. The molecular formula is C25H39N7O8S. The Labute approximate surface area is 241 Å². The van der Waals surface area contributed by atoms with Gasteiger partial charge in [0.15, 0.2) is 5.96 Å². The second-order valence-corrected chi connectivity index (χ2v) is 10.1. The monoisotopic (exact) mass is 597 g/mol. The molecule has 0 spiro atoms. The van der Waals surface area contributed by atoms with Crippen molar-refractivity contribution in [2.75, 3.05) is 18.6 Å². The highest BCUT2D eigenvalue weighted by molar-refractivity contribution is 7.98. The van der Waals surface area contributed by atoms with E-state index in [9.17, 15) is 34.2 Å². The lowest BCUT2D eigenvalue weighted by Gasteiger charge is -2.25. The molecule has 0 saturated carbocycles. The van der Waals surface area contributed by atoms with E-state index in [2.05, 4.69) is 20.9 Å². The minimum Gasteiger partial charge on any atom is -0.508 e. The van der Waals surface area contributed by atoms with Crippen molar-refractivity contribution in [3.63, 3.8) is 0 Å². The Bertz CT molecular complexity index is 1070. The molecule has 228 valence electrons. The van der Waals surface area contributed by atoms with Gasteiger partial charge in [0.05, 0.1) is 6.04 Å². The fraction of sp³-hybridized carbons (Fsp3) is 0.520. The van der Waals surface area contributed by atoms with Gasteiger partial charge in [-0.1, -0.05) is 12.1 Å². The van der Waals surface area contributed by atoms with Crippen LogP contribution in [0.25, 0.3) is 0 Å². The van der Waals surface area contributed by atoms with E-state index < -0.39 is 60.2 Å². The third-order valence-electron chi connectivity index (χ3n) is 5.82. The van der Waals surface area contributed by atoms with Crippen LogP contribution in [0.1, 0.15) is 37.7 Å². The summed E-state index contributed by atoms with van der Waals surface area (Å²) in [4.78, 5) is 65.7. The van der Waals surface area contributed by atoms with Gasteiger partial charge in [-0.25, -0.2) is 4.79 Å². The molecule has 12 N–H and O–H groups in total. The quantitative estimate of drug-likeness (QED) is 0.0499. The molecule has 1 aromatic carbocycles. The molecule has 16 heteroatoms. The first kappa shape index (κ1) is 35.0. The number of carbonyl (C=O) groups excluding carboxylic acids is 3. The summed E-state index contributed by atoms with van der Waals surface area (Å²) in [7, 11) is 0. The van der Waals surface area contributed by atoms with Crippen LogP contribution in [0.15, 0.2) is 29.3 Å². The van der Waals surface area contributed by atoms with Crippen molar-refractivity contribution in [1.82, 2.24) is 16.0 Å². The van der Waals surface area contributed by atoms with Gasteiger partial charge in [-0.05, 0) is 55.4 Å². The molecule has 0 aromatic heterocycles. The Balaban J connectivity index is 3.18. The molecule has 15 nitrogen and oxygen atoms in total. The third-order valence-corrected chi connectivity index (χ3v) is 6.46. The number of aliphatic carboxylic acids is 2. The first-order chi connectivity index (χ1) is 19.3. The molecule has 4 unspecified atom stereocenters. The van der Waals surface area contributed by atoms with Gasteiger partial charge < -0.3 is 48.5 Å². The number of nitrogens with two attached hydrogens (primary N) is 3. The zero-order valence-corrected chi connectivity index (χ0v) is 23.6. The summed E-state index contributed by atoms with van der Waals surface area (Å²) >= 11 is 1.51. The number of nitrogens with one attached hydrogen (secondary N) is 3. The number of hydrogen-bond donors (Lipinski definition) is 9. The van der Waals surface area contributed by atoms with Crippen LogP contribution < -0.4 is 33.2 Å². The van der Waals surface area contributed by atoms with Gasteiger partial charge in [-0.2, -0.15) is 11.8 Å². The Morgan fingerprint density at radius 1 is 0.878 bits per heavy atom. The van der Waals surface area contributed by atoms with E-state index in [1.54, 1.807) is 0 Å². The molecule has 1 rings (SSSR count). The summed E-state index contributed by atoms with van der Waals surface area (Å²) in [5, 5.41) is 35.4. The molecule has 0 fully saturated rings. The van der Waals surface area contributed by atoms with Crippen molar-refractivity contribution in [1.29, 1.82) is 0 Å². The number of benzene rings is 1. The predicted molar refractivity (Wildman–Crippen MR) is 153 cm³/mol. The number of carboxylic acid groups (broad SMARTS) is 2. The number of amides is 3. The van der Waals surface area contributed by atoms with Crippen LogP contribution in [0.5, 0.6) is 5.75 Å². The average molecular weight is 598 g/mol. The zero-order chi connectivity index (χ0) is 30.9. The number of rotatable bonds is 19. The van der Waals surface area contributed by atoms with Crippen LogP contribution in [0.2, 0.25) is 0 Å². The van der Waals surface area contributed by atoms with Crippen molar-refractivity contribution in [3.8, 4) is 5.75 Å². The lowest BCUT2D eigenvalue weighted by molar-refractivity contribution is -0.143. The smallest absolute Gasteiger partial charge is 0.326 e. The number of hydrogen-bond acceptors (Lipinski definition) is 9. The van der Waals surface area contributed by atoms with Crippen molar-refractivity contribution < 1.29 is 39.3 Å². The number of phenolic OH excluding ortho intramolecular Hbond substituents is 1. The number of phenols is 1. The number of carboxylic acids is 2. The highest BCUT2D eigenvalue weighted by Gasteiger charge is 2.30. The lowest BCUT2D eigenvalue weighted by atomic mass is 10.0. The van der Waals surface area contributed by atoms with Crippen LogP contribution in [-0.2, 0) is 30.4 Å². The van der Waals surface area contributed by atoms with Gasteiger partial charge >= 0.3 is 11.9 Å². The summed E-state index contributed by atoms with van der Waals surface area (Å²) in [5.41, 5.74) is 17.2. The van der Waals surface area contributed by atoms with E-state index in [-0.39, 0.29) is 37.5 Å². The molecule has 3 amide bonds. The number of nitrogens with zero attached hydrogens (tertiary/aromatic N) is 1. The molecule has 1 aromatic rings. The highest BCUT2D eigenvalue weighted by Crippen LogP contribution is 2.13. The van der Waals surface area contributed by atoms with Gasteiger partial charge in [0.25, 0.3) is 0 Å². The molecule has 0 bridgehead atoms. The van der Waals surface area contributed by atoms with Gasteiger partial charge in [0.1, 0.15) is 23.9 Å². The summed E-state index contributed by atoms with van der Waals surface area (Å²) in [6, 6.07) is 0.929. The molecule has 0 aliphatic rings. The first-order valence-electron chi connectivity index (χ1n) is 12.8.